The lowest BCUT2D eigenvalue weighted by atomic mass is 9.89. The number of benzene rings is 1. The van der Waals surface area contributed by atoms with E-state index in [0.717, 1.165) is 31.6 Å². The van der Waals surface area contributed by atoms with E-state index in [1.165, 1.54) is 12.8 Å². The lowest BCUT2D eigenvalue weighted by Gasteiger charge is -2.31. The van der Waals surface area contributed by atoms with Crippen LogP contribution in [0.25, 0.3) is 0 Å². The Bertz CT molecular complexity index is 560. The van der Waals surface area contributed by atoms with E-state index >= 15 is 0 Å². The normalized spacial score (nSPS) is 30.0. The number of rotatable bonds is 7. The molecule has 1 saturated carbocycles. The van der Waals surface area contributed by atoms with Gasteiger partial charge in [-0.1, -0.05) is 24.6 Å². The zero-order valence-electron chi connectivity index (χ0n) is 15.6. The highest BCUT2D eigenvalue weighted by Gasteiger charge is 2.34. The highest BCUT2D eigenvalue weighted by atomic mass is 16.6. The molecule has 4 atom stereocenters. The fourth-order valence-electron chi connectivity index (χ4n) is 3.56. The van der Waals surface area contributed by atoms with E-state index in [4.69, 9.17) is 19.9 Å². The minimum Gasteiger partial charge on any atom is -0.494 e. The molecule has 0 bridgehead atoms. The van der Waals surface area contributed by atoms with Crippen LogP contribution in [0.1, 0.15) is 45.4 Å². The van der Waals surface area contributed by atoms with E-state index in [1.54, 1.807) is 0 Å². The summed E-state index contributed by atoms with van der Waals surface area (Å²) < 4.78 is 17.7. The van der Waals surface area contributed by atoms with Gasteiger partial charge in [0.1, 0.15) is 17.9 Å². The molecule has 3 rings (SSSR count). The second kappa shape index (κ2) is 9.38. The van der Waals surface area contributed by atoms with Crippen LogP contribution in [0.4, 0.5) is 0 Å². The first-order chi connectivity index (χ1) is 12.6. The van der Waals surface area contributed by atoms with E-state index < -0.39 is 6.04 Å². The number of hydrogen-bond acceptors (Lipinski definition) is 5. The second-order valence-electron chi connectivity index (χ2n) is 7.63. The molecule has 2 aliphatic rings. The summed E-state index contributed by atoms with van der Waals surface area (Å²) in [7, 11) is 0. The molecule has 5 nitrogen and oxygen atoms in total. The zero-order valence-corrected chi connectivity index (χ0v) is 15.6. The molecule has 2 fully saturated rings. The van der Waals surface area contributed by atoms with Gasteiger partial charge in [0, 0.05) is 6.61 Å². The van der Waals surface area contributed by atoms with Gasteiger partial charge in [0.25, 0.3) is 0 Å². The molecule has 4 unspecified atom stereocenters. The number of carbonyl (C=O) groups excluding carboxylic acids is 1. The Morgan fingerprint density at radius 2 is 1.92 bits per heavy atom. The predicted octanol–water partition coefficient (Wildman–Crippen LogP) is 3.31. The standard InChI is InChI=1S/C21H31NO4/c1-15-20(25-14-16-10-11-16)17(6-5-9-19(22)21(23)26-15)12-13-24-18-7-3-2-4-8-18/h2-4,7-8,15-17,19-20H,5-6,9-14,22H2,1H3. The van der Waals surface area contributed by atoms with Gasteiger partial charge in [-0.2, -0.15) is 0 Å². The van der Waals surface area contributed by atoms with Gasteiger partial charge >= 0.3 is 5.97 Å². The van der Waals surface area contributed by atoms with Crippen molar-refractivity contribution in [1.82, 2.24) is 0 Å². The molecule has 1 aromatic carbocycles. The van der Waals surface area contributed by atoms with E-state index in [9.17, 15) is 4.79 Å². The number of cyclic esters (lactones) is 1. The first-order valence-corrected chi connectivity index (χ1v) is 9.89. The first-order valence-electron chi connectivity index (χ1n) is 9.89. The molecule has 1 heterocycles. The number of para-hydroxylation sites is 1. The van der Waals surface area contributed by atoms with Crippen LogP contribution < -0.4 is 10.5 Å². The van der Waals surface area contributed by atoms with Gasteiger partial charge in [-0.05, 0) is 63.0 Å². The lowest BCUT2D eigenvalue weighted by molar-refractivity contribution is -0.160. The molecule has 144 valence electrons. The van der Waals surface area contributed by atoms with Crippen molar-refractivity contribution in [3.05, 3.63) is 30.3 Å². The monoisotopic (exact) mass is 361 g/mol. The number of esters is 1. The van der Waals surface area contributed by atoms with Gasteiger partial charge in [-0.3, -0.25) is 4.79 Å². The predicted molar refractivity (Wildman–Crippen MR) is 99.9 cm³/mol. The molecular weight excluding hydrogens is 330 g/mol. The van der Waals surface area contributed by atoms with Crippen molar-refractivity contribution >= 4 is 5.97 Å². The largest absolute Gasteiger partial charge is 0.494 e. The molecule has 1 aliphatic heterocycles. The summed E-state index contributed by atoms with van der Waals surface area (Å²) in [6.07, 6.45) is 5.53. The summed E-state index contributed by atoms with van der Waals surface area (Å²) in [5.41, 5.74) is 5.94. The first kappa shape index (κ1) is 19.2. The molecule has 1 aromatic rings. The van der Waals surface area contributed by atoms with Crippen molar-refractivity contribution in [3.63, 3.8) is 0 Å². The van der Waals surface area contributed by atoms with Crippen LogP contribution in [-0.4, -0.2) is 37.4 Å². The van der Waals surface area contributed by atoms with Crippen LogP contribution in [-0.2, 0) is 14.3 Å². The summed E-state index contributed by atoms with van der Waals surface area (Å²) in [6.45, 7) is 3.32. The Balaban J connectivity index is 1.61. The van der Waals surface area contributed by atoms with Crippen molar-refractivity contribution in [2.24, 2.45) is 17.6 Å². The Labute approximate surface area is 156 Å². The minimum atomic E-state index is -0.527. The van der Waals surface area contributed by atoms with Crippen LogP contribution in [0.2, 0.25) is 0 Å². The fraction of sp³-hybridized carbons (Fsp3) is 0.667. The molecule has 0 spiro atoms. The van der Waals surface area contributed by atoms with Crippen LogP contribution in [0.3, 0.4) is 0 Å². The molecule has 1 aliphatic carbocycles. The van der Waals surface area contributed by atoms with E-state index in [1.807, 2.05) is 37.3 Å². The maximum absolute atomic E-state index is 12.1. The summed E-state index contributed by atoms with van der Waals surface area (Å²) in [4.78, 5) is 12.1. The van der Waals surface area contributed by atoms with E-state index in [-0.39, 0.29) is 18.2 Å². The van der Waals surface area contributed by atoms with Crippen LogP contribution in [0, 0.1) is 11.8 Å². The average Bonchev–Trinajstić information content (AvgIpc) is 3.45. The van der Waals surface area contributed by atoms with Gasteiger partial charge in [-0.15, -0.1) is 0 Å². The minimum absolute atomic E-state index is 0.0933. The maximum atomic E-state index is 12.1. The third kappa shape index (κ3) is 5.71. The van der Waals surface area contributed by atoms with Crippen molar-refractivity contribution in [1.29, 1.82) is 0 Å². The SMILES string of the molecule is CC1OC(=O)C(N)CCCC(CCOc2ccccc2)C1OCC1CC1. The third-order valence-corrected chi connectivity index (χ3v) is 5.34. The molecule has 0 aromatic heterocycles. The average molecular weight is 361 g/mol. The van der Waals surface area contributed by atoms with Gasteiger partial charge < -0.3 is 19.9 Å². The number of ether oxygens (including phenoxy) is 3. The Hall–Kier alpha value is -1.59. The van der Waals surface area contributed by atoms with Crippen LogP contribution in [0.5, 0.6) is 5.75 Å². The zero-order chi connectivity index (χ0) is 18.4. The van der Waals surface area contributed by atoms with Crippen molar-refractivity contribution in [2.45, 2.75) is 63.7 Å². The number of hydrogen-bond donors (Lipinski definition) is 1. The van der Waals surface area contributed by atoms with Crippen molar-refractivity contribution < 1.29 is 19.0 Å². The summed E-state index contributed by atoms with van der Waals surface area (Å²) in [6, 6.07) is 9.33. The maximum Gasteiger partial charge on any atom is 0.323 e. The summed E-state index contributed by atoms with van der Waals surface area (Å²) in [5.74, 6) is 1.55. The Kier molecular flexibility index (Phi) is 6.92. The van der Waals surface area contributed by atoms with Gasteiger partial charge in [-0.25, -0.2) is 0 Å². The second-order valence-corrected chi connectivity index (χ2v) is 7.63. The van der Waals surface area contributed by atoms with Crippen molar-refractivity contribution in [2.75, 3.05) is 13.2 Å². The lowest BCUT2D eigenvalue weighted by Crippen LogP contribution is -2.40. The van der Waals surface area contributed by atoms with Gasteiger partial charge in [0.2, 0.25) is 0 Å². The molecule has 5 heteroatoms. The number of carbonyl (C=O) groups is 1. The topological polar surface area (TPSA) is 70.8 Å². The molecule has 2 N–H and O–H groups in total. The summed E-state index contributed by atoms with van der Waals surface area (Å²) >= 11 is 0. The Morgan fingerprint density at radius 1 is 1.15 bits per heavy atom. The summed E-state index contributed by atoms with van der Waals surface area (Å²) in [5, 5.41) is 0. The number of nitrogens with two attached hydrogens (primary N) is 1. The quantitative estimate of drug-likeness (QED) is 0.755. The van der Waals surface area contributed by atoms with Crippen LogP contribution >= 0.6 is 0 Å². The fourth-order valence-corrected chi connectivity index (χ4v) is 3.56. The molecule has 1 saturated heterocycles. The molecular formula is C21H31NO4. The van der Waals surface area contributed by atoms with E-state index in [0.29, 0.717) is 24.9 Å². The van der Waals surface area contributed by atoms with Gasteiger partial charge in [0.15, 0.2) is 0 Å². The molecule has 0 amide bonds. The molecule has 0 radical (unpaired) electrons. The Morgan fingerprint density at radius 3 is 2.65 bits per heavy atom. The molecule has 26 heavy (non-hydrogen) atoms. The van der Waals surface area contributed by atoms with Crippen molar-refractivity contribution in [3.8, 4) is 5.75 Å². The highest BCUT2D eigenvalue weighted by molar-refractivity contribution is 5.75. The third-order valence-electron chi connectivity index (χ3n) is 5.34. The highest BCUT2D eigenvalue weighted by Crippen LogP contribution is 2.32. The van der Waals surface area contributed by atoms with Gasteiger partial charge in [0.05, 0.1) is 12.7 Å². The van der Waals surface area contributed by atoms with E-state index in [2.05, 4.69) is 0 Å². The smallest absolute Gasteiger partial charge is 0.323 e. The van der Waals surface area contributed by atoms with Crippen LogP contribution in [0.15, 0.2) is 30.3 Å².